The molecule has 0 aliphatic carbocycles. The topological polar surface area (TPSA) is 66.5 Å². The van der Waals surface area contributed by atoms with Crippen LogP contribution in [0.1, 0.15) is 34.5 Å². The Balaban J connectivity index is 1.38. The third-order valence-electron chi connectivity index (χ3n) is 5.54. The van der Waals surface area contributed by atoms with Gasteiger partial charge < -0.3 is 20.3 Å². The van der Waals surface area contributed by atoms with E-state index in [-0.39, 0.29) is 11.9 Å². The average molecular weight is 451 g/mol. The van der Waals surface area contributed by atoms with Crippen molar-refractivity contribution in [2.24, 2.45) is 0 Å². The molecule has 1 aromatic heterocycles. The van der Waals surface area contributed by atoms with Crippen LogP contribution in [0.5, 0.6) is 0 Å². The number of halogens is 1. The first-order valence-electron chi connectivity index (χ1n) is 10.8. The van der Waals surface area contributed by atoms with Crippen LogP contribution in [-0.4, -0.2) is 37.2 Å². The molecule has 0 saturated carbocycles. The number of pyridine rings is 1. The molecule has 2 heterocycles. The minimum absolute atomic E-state index is 0.209. The summed E-state index contributed by atoms with van der Waals surface area (Å²) in [5, 5.41) is 6.91. The fourth-order valence-electron chi connectivity index (χ4n) is 3.60. The van der Waals surface area contributed by atoms with Crippen molar-refractivity contribution in [2.45, 2.75) is 19.5 Å². The van der Waals surface area contributed by atoms with Gasteiger partial charge in [-0.2, -0.15) is 0 Å². The minimum Gasteiger partial charge on any atom is -0.378 e. The van der Waals surface area contributed by atoms with Crippen LogP contribution in [0.2, 0.25) is 5.02 Å². The lowest BCUT2D eigenvalue weighted by molar-refractivity contribution is 0.102. The number of aromatic nitrogens is 1. The van der Waals surface area contributed by atoms with E-state index in [1.165, 1.54) is 5.56 Å². The van der Waals surface area contributed by atoms with Gasteiger partial charge in [0, 0.05) is 31.9 Å². The fourth-order valence-corrected chi connectivity index (χ4v) is 3.77. The normalized spacial score (nSPS) is 14.8. The molecule has 1 fully saturated rings. The molecular weight excluding hydrogens is 424 g/mol. The molecule has 2 aromatic carbocycles. The van der Waals surface area contributed by atoms with Gasteiger partial charge in [-0.3, -0.25) is 4.79 Å². The number of nitrogens with zero attached hydrogens (tertiary/aromatic N) is 2. The minimum atomic E-state index is -0.240. The second-order valence-electron chi connectivity index (χ2n) is 7.79. The van der Waals surface area contributed by atoms with Gasteiger partial charge in [0.15, 0.2) is 0 Å². The molecule has 2 N–H and O–H groups in total. The van der Waals surface area contributed by atoms with E-state index in [9.17, 15) is 4.79 Å². The summed E-state index contributed by atoms with van der Waals surface area (Å²) in [4.78, 5) is 19.4. The molecule has 32 heavy (non-hydrogen) atoms. The van der Waals surface area contributed by atoms with E-state index >= 15 is 0 Å². The van der Waals surface area contributed by atoms with E-state index in [1.807, 2.05) is 36.4 Å². The zero-order valence-corrected chi connectivity index (χ0v) is 18.8. The average Bonchev–Trinajstić information content (AvgIpc) is 2.85. The number of hydrogen-bond donors (Lipinski definition) is 2. The van der Waals surface area contributed by atoms with Gasteiger partial charge >= 0.3 is 0 Å². The summed E-state index contributed by atoms with van der Waals surface area (Å²) in [6.07, 6.45) is 1.60. The Labute approximate surface area is 193 Å². The second kappa shape index (κ2) is 10.6. The fraction of sp³-hybridized carbons (Fsp3) is 0.280. The summed E-state index contributed by atoms with van der Waals surface area (Å²) in [5.74, 6) is 0.610. The molecule has 7 heteroatoms. The van der Waals surface area contributed by atoms with Crippen LogP contribution in [0.25, 0.3) is 0 Å². The molecule has 1 amide bonds. The van der Waals surface area contributed by atoms with E-state index in [1.54, 1.807) is 18.3 Å². The summed E-state index contributed by atoms with van der Waals surface area (Å²) in [7, 11) is 0. The highest BCUT2D eigenvalue weighted by atomic mass is 35.5. The van der Waals surface area contributed by atoms with Crippen molar-refractivity contribution >= 4 is 29.0 Å². The number of ether oxygens (including phenoxy) is 1. The molecule has 1 aliphatic rings. The van der Waals surface area contributed by atoms with Crippen LogP contribution >= 0.6 is 11.6 Å². The summed E-state index contributed by atoms with van der Waals surface area (Å²) in [6.45, 7) is 5.78. The number of carbonyl (C=O) groups excluding carboxylic acids is 1. The molecule has 1 saturated heterocycles. The van der Waals surface area contributed by atoms with Crippen LogP contribution in [-0.2, 0) is 11.3 Å². The maximum atomic E-state index is 12.8. The van der Waals surface area contributed by atoms with Gasteiger partial charge in [-0.25, -0.2) is 4.98 Å². The Morgan fingerprint density at radius 1 is 1.12 bits per heavy atom. The third kappa shape index (κ3) is 5.65. The number of rotatable bonds is 7. The Bertz CT molecular complexity index is 1040. The summed E-state index contributed by atoms with van der Waals surface area (Å²) < 4.78 is 5.37. The Morgan fingerprint density at radius 3 is 2.62 bits per heavy atom. The Kier molecular flexibility index (Phi) is 7.37. The smallest absolute Gasteiger partial charge is 0.257 e. The highest BCUT2D eigenvalue weighted by Gasteiger charge is 2.14. The highest BCUT2D eigenvalue weighted by Crippen LogP contribution is 2.24. The molecule has 4 rings (SSSR count). The van der Waals surface area contributed by atoms with Crippen LogP contribution in [0.4, 0.5) is 11.5 Å². The summed E-state index contributed by atoms with van der Waals surface area (Å²) in [5.41, 5.74) is 3.33. The van der Waals surface area contributed by atoms with E-state index in [2.05, 4.69) is 39.6 Å². The molecule has 0 bridgehead atoms. The lowest BCUT2D eigenvalue weighted by atomic mass is 10.1. The van der Waals surface area contributed by atoms with Crippen molar-refractivity contribution in [2.75, 3.05) is 36.5 Å². The number of benzene rings is 2. The van der Waals surface area contributed by atoms with Crippen LogP contribution in [0.3, 0.4) is 0 Å². The first-order chi connectivity index (χ1) is 15.6. The number of carbonyl (C=O) groups is 1. The lowest BCUT2D eigenvalue weighted by Crippen LogP contribution is -2.36. The predicted octanol–water partition coefficient (Wildman–Crippen LogP) is 4.67. The summed E-state index contributed by atoms with van der Waals surface area (Å²) >= 11 is 6.34. The van der Waals surface area contributed by atoms with Crippen molar-refractivity contribution in [3.63, 3.8) is 0 Å². The van der Waals surface area contributed by atoms with Crippen LogP contribution < -0.4 is 15.5 Å². The van der Waals surface area contributed by atoms with Gasteiger partial charge in [-0.1, -0.05) is 48.0 Å². The number of anilines is 2. The summed E-state index contributed by atoms with van der Waals surface area (Å²) in [6, 6.07) is 19.8. The van der Waals surface area contributed by atoms with E-state index in [0.29, 0.717) is 36.0 Å². The molecule has 3 aromatic rings. The van der Waals surface area contributed by atoms with Gasteiger partial charge in [0.1, 0.15) is 5.82 Å². The maximum absolute atomic E-state index is 12.8. The molecule has 1 atom stereocenters. The number of amides is 1. The first-order valence-corrected chi connectivity index (χ1v) is 11.1. The standard InChI is InChI=1S/C25H27ClN4O2/c1-18(20-5-3-2-4-6-20)27-16-19-7-9-22(26)23(15-19)29-25(31)21-8-10-24(28-17-21)30-11-13-32-14-12-30/h2-10,15,17-18,27H,11-14,16H2,1H3,(H,29,31). The zero-order chi connectivity index (χ0) is 22.3. The van der Waals surface area contributed by atoms with E-state index < -0.39 is 0 Å². The molecule has 6 nitrogen and oxygen atoms in total. The third-order valence-corrected chi connectivity index (χ3v) is 5.87. The predicted molar refractivity (Wildman–Crippen MR) is 128 cm³/mol. The monoisotopic (exact) mass is 450 g/mol. The van der Waals surface area contributed by atoms with Gasteiger partial charge in [0.25, 0.3) is 5.91 Å². The van der Waals surface area contributed by atoms with Crippen molar-refractivity contribution in [1.29, 1.82) is 0 Å². The van der Waals surface area contributed by atoms with Gasteiger partial charge in [0.05, 0.1) is 29.5 Å². The van der Waals surface area contributed by atoms with Crippen LogP contribution in [0, 0.1) is 0 Å². The Morgan fingerprint density at radius 2 is 1.91 bits per heavy atom. The molecule has 0 spiro atoms. The van der Waals surface area contributed by atoms with Crippen molar-refractivity contribution < 1.29 is 9.53 Å². The Hall–Kier alpha value is -2.93. The zero-order valence-electron chi connectivity index (χ0n) is 18.1. The molecule has 166 valence electrons. The number of nitrogens with one attached hydrogen (secondary N) is 2. The van der Waals surface area contributed by atoms with Gasteiger partial charge in [-0.05, 0) is 42.3 Å². The van der Waals surface area contributed by atoms with E-state index in [0.717, 1.165) is 24.5 Å². The van der Waals surface area contributed by atoms with Crippen molar-refractivity contribution in [3.8, 4) is 0 Å². The second-order valence-corrected chi connectivity index (χ2v) is 8.19. The highest BCUT2D eigenvalue weighted by molar-refractivity contribution is 6.34. The lowest BCUT2D eigenvalue weighted by Gasteiger charge is -2.27. The number of hydrogen-bond acceptors (Lipinski definition) is 5. The molecular formula is C25H27ClN4O2. The molecule has 1 unspecified atom stereocenters. The van der Waals surface area contributed by atoms with Crippen molar-refractivity contribution in [1.82, 2.24) is 10.3 Å². The maximum Gasteiger partial charge on any atom is 0.257 e. The first kappa shape index (κ1) is 22.3. The molecule has 0 radical (unpaired) electrons. The van der Waals surface area contributed by atoms with Gasteiger partial charge in [-0.15, -0.1) is 0 Å². The largest absolute Gasteiger partial charge is 0.378 e. The van der Waals surface area contributed by atoms with Crippen molar-refractivity contribution in [3.05, 3.63) is 88.6 Å². The quantitative estimate of drug-likeness (QED) is 0.547. The van der Waals surface area contributed by atoms with Gasteiger partial charge in [0.2, 0.25) is 0 Å². The number of morpholine rings is 1. The van der Waals surface area contributed by atoms with E-state index in [4.69, 9.17) is 16.3 Å². The SMILES string of the molecule is CC(NCc1ccc(Cl)c(NC(=O)c2ccc(N3CCOCC3)nc2)c1)c1ccccc1. The molecule has 1 aliphatic heterocycles. The van der Waals surface area contributed by atoms with Crippen LogP contribution in [0.15, 0.2) is 66.9 Å².